The molecule has 0 aliphatic carbocycles. The Bertz CT molecular complexity index is 383. The van der Waals surface area contributed by atoms with Crippen LogP contribution in [0.15, 0.2) is 18.2 Å². The van der Waals surface area contributed by atoms with Crippen LogP contribution in [-0.4, -0.2) is 12.6 Å². The lowest BCUT2D eigenvalue weighted by Crippen LogP contribution is -2.38. The van der Waals surface area contributed by atoms with Crippen LogP contribution in [0.5, 0.6) is 0 Å². The van der Waals surface area contributed by atoms with Crippen LogP contribution in [0.2, 0.25) is 0 Å². The van der Waals surface area contributed by atoms with Gasteiger partial charge in [-0.3, -0.25) is 0 Å². The summed E-state index contributed by atoms with van der Waals surface area (Å²) in [6, 6.07) is 7.65. The molecule has 18 heavy (non-hydrogen) atoms. The molecule has 1 aromatic carbocycles. The predicted octanol–water partition coefficient (Wildman–Crippen LogP) is 4.01. The van der Waals surface area contributed by atoms with Gasteiger partial charge in [0, 0.05) is 6.04 Å². The maximum Gasteiger partial charge on any atom is 0.00728 e. The SMILES string of the molecule is CCC1CCNC(CCc2ccc(C)c(C)c2)C1. The fraction of sp³-hybridized carbons (Fsp3) is 0.647. The summed E-state index contributed by atoms with van der Waals surface area (Å²) in [5, 5.41) is 3.68. The summed E-state index contributed by atoms with van der Waals surface area (Å²) in [6.45, 7) is 7.95. The van der Waals surface area contributed by atoms with E-state index in [1.54, 1.807) is 0 Å². The topological polar surface area (TPSA) is 12.0 Å². The van der Waals surface area contributed by atoms with E-state index in [-0.39, 0.29) is 0 Å². The monoisotopic (exact) mass is 245 g/mol. The van der Waals surface area contributed by atoms with Crippen molar-refractivity contribution >= 4 is 0 Å². The van der Waals surface area contributed by atoms with E-state index in [9.17, 15) is 0 Å². The Hall–Kier alpha value is -0.820. The zero-order valence-corrected chi connectivity index (χ0v) is 12.1. The van der Waals surface area contributed by atoms with Crippen molar-refractivity contribution in [3.8, 4) is 0 Å². The summed E-state index contributed by atoms with van der Waals surface area (Å²) in [4.78, 5) is 0. The van der Waals surface area contributed by atoms with Crippen molar-refractivity contribution in [2.24, 2.45) is 5.92 Å². The molecule has 1 heteroatoms. The molecule has 0 radical (unpaired) electrons. The summed E-state index contributed by atoms with van der Waals surface area (Å²) < 4.78 is 0. The van der Waals surface area contributed by atoms with Crippen LogP contribution in [0, 0.1) is 19.8 Å². The zero-order valence-electron chi connectivity index (χ0n) is 12.1. The molecule has 2 rings (SSSR count). The van der Waals surface area contributed by atoms with Gasteiger partial charge in [0.25, 0.3) is 0 Å². The average Bonchev–Trinajstić information content (AvgIpc) is 2.40. The quantitative estimate of drug-likeness (QED) is 0.845. The van der Waals surface area contributed by atoms with Gasteiger partial charge in [-0.15, -0.1) is 0 Å². The van der Waals surface area contributed by atoms with Crippen molar-refractivity contribution in [1.29, 1.82) is 0 Å². The molecule has 1 fully saturated rings. The van der Waals surface area contributed by atoms with Gasteiger partial charge in [0.1, 0.15) is 0 Å². The third-order valence-corrected chi connectivity index (χ3v) is 4.53. The highest BCUT2D eigenvalue weighted by atomic mass is 14.9. The second-order valence-corrected chi connectivity index (χ2v) is 5.91. The second-order valence-electron chi connectivity index (χ2n) is 5.91. The van der Waals surface area contributed by atoms with E-state index >= 15 is 0 Å². The molecular weight excluding hydrogens is 218 g/mol. The predicted molar refractivity (Wildman–Crippen MR) is 79.0 cm³/mol. The van der Waals surface area contributed by atoms with Gasteiger partial charge in [0.2, 0.25) is 0 Å². The summed E-state index contributed by atoms with van der Waals surface area (Å²) in [6.07, 6.45) is 6.61. The van der Waals surface area contributed by atoms with Crippen LogP contribution in [0.1, 0.15) is 49.3 Å². The van der Waals surface area contributed by atoms with Gasteiger partial charge in [-0.25, -0.2) is 0 Å². The lowest BCUT2D eigenvalue weighted by atomic mass is 9.88. The number of hydrogen-bond acceptors (Lipinski definition) is 1. The van der Waals surface area contributed by atoms with Crippen LogP contribution in [-0.2, 0) is 6.42 Å². The number of nitrogens with one attached hydrogen (secondary N) is 1. The Balaban J connectivity index is 1.85. The molecule has 2 unspecified atom stereocenters. The van der Waals surface area contributed by atoms with E-state index < -0.39 is 0 Å². The average molecular weight is 245 g/mol. The number of benzene rings is 1. The molecule has 1 aliphatic heterocycles. The third kappa shape index (κ3) is 3.58. The molecule has 1 N–H and O–H groups in total. The molecule has 1 heterocycles. The molecule has 2 atom stereocenters. The molecular formula is C17H27N. The summed E-state index contributed by atoms with van der Waals surface area (Å²) in [7, 11) is 0. The van der Waals surface area contributed by atoms with Crippen molar-refractivity contribution in [3.05, 3.63) is 34.9 Å². The lowest BCUT2D eigenvalue weighted by Gasteiger charge is -2.29. The summed E-state index contributed by atoms with van der Waals surface area (Å²) in [5.41, 5.74) is 4.33. The van der Waals surface area contributed by atoms with Crippen molar-refractivity contribution in [1.82, 2.24) is 5.32 Å². The van der Waals surface area contributed by atoms with Crippen molar-refractivity contribution in [2.75, 3.05) is 6.54 Å². The van der Waals surface area contributed by atoms with E-state index in [0.717, 1.165) is 12.0 Å². The highest BCUT2D eigenvalue weighted by Crippen LogP contribution is 2.22. The molecule has 0 bridgehead atoms. The maximum atomic E-state index is 3.68. The van der Waals surface area contributed by atoms with Gasteiger partial charge in [-0.2, -0.15) is 0 Å². The van der Waals surface area contributed by atoms with E-state index in [2.05, 4.69) is 44.3 Å². The Morgan fingerprint density at radius 1 is 1.22 bits per heavy atom. The molecule has 1 nitrogen and oxygen atoms in total. The number of rotatable bonds is 4. The first-order chi connectivity index (χ1) is 8.69. The molecule has 1 saturated heterocycles. The molecule has 100 valence electrons. The van der Waals surface area contributed by atoms with E-state index in [4.69, 9.17) is 0 Å². The molecule has 0 aromatic heterocycles. The van der Waals surface area contributed by atoms with Crippen LogP contribution >= 0.6 is 0 Å². The van der Waals surface area contributed by atoms with Crippen LogP contribution < -0.4 is 5.32 Å². The van der Waals surface area contributed by atoms with Crippen molar-refractivity contribution in [3.63, 3.8) is 0 Å². The Kier molecular flexibility index (Phi) is 4.82. The summed E-state index contributed by atoms with van der Waals surface area (Å²) >= 11 is 0. The Morgan fingerprint density at radius 3 is 2.78 bits per heavy atom. The largest absolute Gasteiger partial charge is 0.314 e. The smallest absolute Gasteiger partial charge is 0.00728 e. The standard InChI is InChI=1S/C17H27N/c1-4-15-9-10-18-17(12-15)8-7-16-6-5-13(2)14(3)11-16/h5-6,11,15,17-18H,4,7-10,12H2,1-3H3. The van der Waals surface area contributed by atoms with E-state index in [0.29, 0.717) is 0 Å². The van der Waals surface area contributed by atoms with E-state index in [1.165, 1.54) is 55.3 Å². The first kappa shape index (κ1) is 13.6. The first-order valence-electron chi connectivity index (χ1n) is 7.48. The highest BCUT2D eigenvalue weighted by molar-refractivity contribution is 5.29. The van der Waals surface area contributed by atoms with Gasteiger partial charge in [0.05, 0.1) is 0 Å². The Labute approximate surface area is 112 Å². The summed E-state index contributed by atoms with van der Waals surface area (Å²) in [5.74, 6) is 0.955. The van der Waals surface area contributed by atoms with Crippen LogP contribution in [0.4, 0.5) is 0 Å². The molecule has 0 saturated carbocycles. The van der Waals surface area contributed by atoms with Gasteiger partial charge < -0.3 is 5.32 Å². The first-order valence-corrected chi connectivity index (χ1v) is 7.48. The minimum atomic E-state index is 0.741. The minimum absolute atomic E-state index is 0.741. The van der Waals surface area contributed by atoms with Gasteiger partial charge >= 0.3 is 0 Å². The molecule has 0 spiro atoms. The van der Waals surface area contributed by atoms with Crippen molar-refractivity contribution in [2.45, 2.75) is 58.9 Å². The lowest BCUT2D eigenvalue weighted by molar-refractivity contribution is 0.285. The minimum Gasteiger partial charge on any atom is -0.314 e. The van der Waals surface area contributed by atoms with Gasteiger partial charge in [-0.05, 0) is 68.7 Å². The fourth-order valence-electron chi connectivity index (χ4n) is 2.99. The zero-order chi connectivity index (χ0) is 13.0. The Morgan fingerprint density at radius 2 is 2.06 bits per heavy atom. The van der Waals surface area contributed by atoms with E-state index in [1.807, 2.05) is 0 Å². The van der Waals surface area contributed by atoms with Gasteiger partial charge in [-0.1, -0.05) is 31.5 Å². The fourth-order valence-corrected chi connectivity index (χ4v) is 2.99. The normalized spacial score (nSPS) is 24.2. The molecule has 1 aliphatic rings. The third-order valence-electron chi connectivity index (χ3n) is 4.53. The van der Waals surface area contributed by atoms with Crippen LogP contribution in [0.25, 0.3) is 0 Å². The molecule has 0 amide bonds. The van der Waals surface area contributed by atoms with Crippen molar-refractivity contribution < 1.29 is 0 Å². The number of piperidine rings is 1. The highest BCUT2D eigenvalue weighted by Gasteiger charge is 2.19. The number of hydrogen-bond donors (Lipinski definition) is 1. The van der Waals surface area contributed by atoms with Gasteiger partial charge in [0.15, 0.2) is 0 Å². The maximum absolute atomic E-state index is 3.68. The van der Waals surface area contributed by atoms with Crippen LogP contribution in [0.3, 0.4) is 0 Å². The number of aryl methyl sites for hydroxylation is 3. The molecule has 1 aromatic rings. The second kappa shape index (κ2) is 6.38.